The number of amides is 1. The number of methoxy groups -OCH3 is 1. The number of guanidine groups is 1. The van der Waals surface area contributed by atoms with E-state index in [1.165, 1.54) is 6.07 Å². The number of carbonyl (C=O) groups excluding carboxylic acids is 1. The van der Waals surface area contributed by atoms with E-state index in [1.54, 1.807) is 26.2 Å². The van der Waals surface area contributed by atoms with Crippen LogP contribution in [0.15, 0.2) is 23.2 Å². The smallest absolute Gasteiger partial charge is 0.251 e. The van der Waals surface area contributed by atoms with Crippen LogP contribution < -0.4 is 16.0 Å². The van der Waals surface area contributed by atoms with Crippen molar-refractivity contribution in [2.75, 3.05) is 33.3 Å². The topological polar surface area (TPSA) is 74.8 Å². The molecule has 1 aromatic rings. The summed E-state index contributed by atoms with van der Waals surface area (Å²) in [6.07, 6.45) is 0. The second-order valence-corrected chi connectivity index (χ2v) is 6.31. The summed E-state index contributed by atoms with van der Waals surface area (Å²) in [5, 5.41) is 9.02. The Kier molecular flexibility index (Phi) is 11.4. The third kappa shape index (κ3) is 8.79. The molecule has 0 aromatic heterocycles. The fourth-order valence-electron chi connectivity index (χ4n) is 1.87. The van der Waals surface area contributed by atoms with Crippen LogP contribution in [0.4, 0.5) is 4.39 Å². The minimum Gasteiger partial charge on any atom is -0.377 e. The first-order valence-electron chi connectivity index (χ1n) is 8.40. The maximum absolute atomic E-state index is 13.5. The first kappa shape index (κ1) is 24.6. The van der Waals surface area contributed by atoms with Gasteiger partial charge in [0.2, 0.25) is 0 Å². The second-order valence-electron chi connectivity index (χ2n) is 6.31. The lowest BCUT2D eigenvalue weighted by atomic mass is 10.1. The third-order valence-corrected chi connectivity index (χ3v) is 3.65. The molecule has 1 rings (SSSR count). The molecule has 0 radical (unpaired) electrons. The van der Waals surface area contributed by atoms with Crippen LogP contribution in [0.1, 0.15) is 36.7 Å². The van der Waals surface area contributed by atoms with E-state index in [9.17, 15) is 9.18 Å². The fourth-order valence-corrected chi connectivity index (χ4v) is 1.87. The molecule has 148 valence electrons. The maximum Gasteiger partial charge on any atom is 0.251 e. The van der Waals surface area contributed by atoms with E-state index < -0.39 is 0 Å². The summed E-state index contributed by atoms with van der Waals surface area (Å²) in [5.41, 5.74) is 0.487. The predicted octanol–water partition coefficient (Wildman–Crippen LogP) is 2.46. The van der Waals surface area contributed by atoms with Gasteiger partial charge in [0, 0.05) is 32.3 Å². The number of benzene rings is 1. The first-order chi connectivity index (χ1) is 11.8. The molecule has 26 heavy (non-hydrogen) atoms. The van der Waals surface area contributed by atoms with Gasteiger partial charge in [0.1, 0.15) is 5.82 Å². The van der Waals surface area contributed by atoms with Crippen LogP contribution in [0.2, 0.25) is 0 Å². The van der Waals surface area contributed by atoms with Gasteiger partial charge in [-0.3, -0.25) is 9.79 Å². The molecule has 0 saturated carbocycles. The summed E-state index contributed by atoms with van der Waals surface area (Å²) < 4.78 is 18.8. The quantitative estimate of drug-likeness (QED) is 0.231. The molecule has 0 aliphatic carbocycles. The molecule has 0 aliphatic heterocycles. The van der Waals surface area contributed by atoms with Crippen molar-refractivity contribution in [3.8, 4) is 0 Å². The van der Waals surface area contributed by atoms with Gasteiger partial charge in [-0.25, -0.2) is 4.39 Å². The number of halogens is 2. The van der Waals surface area contributed by atoms with Crippen LogP contribution in [0.25, 0.3) is 0 Å². The number of aliphatic imine (C=N–C) groups is 1. The highest BCUT2D eigenvalue weighted by atomic mass is 127. The van der Waals surface area contributed by atoms with E-state index >= 15 is 0 Å². The molecule has 0 saturated heterocycles. The van der Waals surface area contributed by atoms with E-state index in [0.29, 0.717) is 36.7 Å². The lowest BCUT2D eigenvalue weighted by Crippen LogP contribution is -2.42. The molecule has 1 aromatic carbocycles. The van der Waals surface area contributed by atoms with Gasteiger partial charge in [-0.05, 0) is 45.4 Å². The summed E-state index contributed by atoms with van der Waals surface area (Å²) in [5.74, 6) is -0.0282. The lowest BCUT2D eigenvalue weighted by Gasteiger charge is -2.21. The van der Waals surface area contributed by atoms with Crippen molar-refractivity contribution in [2.24, 2.45) is 4.99 Å². The van der Waals surface area contributed by atoms with Crippen molar-refractivity contribution in [2.45, 2.75) is 33.3 Å². The molecule has 0 heterocycles. The maximum atomic E-state index is 13.5. The number of nitrogens with one attached hydrogen (secondary N) is 3. The summed E-state index contributed by atoms with van der Waals surface area (Å²) >= 11 is 0. The third-order valence-electron chi connectivity index (χ3n) is 3.65. The average molecular weight is 480 g/mol. The van der Waals surface area contributed by atoms with Crippen molar-refractivity contribution in [3.63, 3.8) is 0 Å². The van der Waals surface area contributed by atoms with Gasteiger partial charge >= 0.3 is 0 Å². The molecular weight excluding hydrogens is 450 g/mol. The highest BCUT2D eigenvalue weighted by Crippen LogP contribution is 2.09. The van der Waals surface area contributed by atoms with Gasteiger partial charge in [0.05, 0.1) is 12.1 Å². The normalized spacial score (nSPS) is 11.5. The largest absolute Gasteiger partial charge is 0.377 e. The summed E-state index contributed by atoms with van der Waals surface area (Å²) in [4.78, 5) is 16.5. The van der Waals surface area contributed by atoms with Crippen LogP contribution in [0.5, 0.6) is 0 Å². The van der Waals surface area contributed by atoms with Gasteiger partial charge in [-0.15, -0.1) is 24.0 Å². The molecule has 0 unspecified atom stereocenters. The van der Waals surface area contributed by atoms with Crippen molar-refractivity contribution in [1.82, 2.24) is 16.0 Å². The van der Waals surface area contributed by atoms with Crippen molar-refractivity contribution in [3.05, 3.63) is 35.1 Å². The van der Waals surface area contributed by atoms with E-state index in [1.807, 2.05) is 20.8 Å². The number of hydrogen-bond donors (Lipinski definition) is 3. The number of rotatable bonds is 8. The molecule has 0 atom stereocenters. The van der Waals surface area contributed by atoms with Gasteiger partial charge in [-0.1, -0.05) is 6.07 Å². The van der Waals surface area contributed by atoms with Crippen LogP contribution >= 0.6 is 24.0 Å². The zero-order chi connectivity index (χ0) is 18.9. The van der Waals surface area contributed by atoms with Crippen molar-refractivity contribution in [1.29, 1.82) is 0 Å². The van der Waals surface area contributed by atoms with Gasteiger partial charge < -0.3 is 20.7 Å². The highest BCUT2D eigenvalue weighted by Gasteiger charge is 2.15. The summed E-state index contributed by atoms with van der Waals surface area (Å²) in [6.45, 7) is 9.69. The number of hydrogen-bond acceptors (Lipinski definition) is 3. The molecule has 0 aliphatic rings. The Labute approximate surface area is 172 Å². The minimum atomic E-state index is -0.381. The van der Waals surface area contributed by atoms with E-state index in [0.717, 1.165) is 6.54 Å². The Balaban J connectivity index is 0.00000625. The number of carbonyl (C=O) groups is 1. The summed E-state index contributed by atoms with van der Waals surface area (Å²) in [7, 11) is 1.65. The Morgan fingerprint density at radius 2 is 1.88 bits per heavy atom. The molecular formula is C18H30FIN4O2. The molecule has 1 amide bonds. The van der Waals surface area contributed by atoms with E-state index in [-0.39, 0.29) is 41.3 Å². The molecule has 8 heteroatoms. The Hall–Kier alpha value is -1.42. The van der Waals surface area contributed by atoms with Gasteiger partial charge in [0.15, 0.2) is 5.96 Å². The zero-order valence-corrected chi connectivity index (χ0v) is 18.4. The van der Waals surface area contributed by atoms with Crippen LogP contribution in [-0.4, -0.2) is 50.8 Å². The molecule has 0 bridgehead atoms. The lowest BCUT2D eigenvalue weighted by molar-refractivity contribution is 0.0310. The number of nitrogens with zero attached hydrogens (tertiary/aromatic N) is 1. The van der Waals surface area contributed by atoms with Crippen LogP contribution in [-0.2, 0) is 4.74 Å². The Morgan fingerprint density at radius 3 is 2.46 bits per heavy atom. The zero-order valence-electron chi connectivity index (χ0n) is 16.1. The second kappa shape index (κ2) is 12.1. The molecule has 6 nitrogen and oxygen atoms in total. The monoisotopic (exact) mass is 480 g/mol. The van der Waals surface area contributed by atoms with Crippen molar-refractivity contribution < 1.29 is 13.9 Å². The SMILES string of the molecule is CCNC(=NCC(C)(C)OC)NCCNC(=O)c1ccc(C)c(F)c1.I. The summed E-state index contributed by atoms with van der Waals surface area (Å²) in [6, 6.07) is 4.45. The first-order valence-corrected chi connectivity index (χ1v) is 8.40. The standard InChI is InChI=1S/C18H29FN4O2.HI/c1-6-20-17(23-12-18(3,4)25-5)22-10-9-21-16(24)14-8-7-13(2)15(19)11-14;/h7-8,11H,6,9-10,12H2,1-5H3,(H,21,24)(H2,20,22,23);1H. The molecule has 0 spiro atoms. The Morgan fingerprint density at radius 1 is 1.23 bits per heavy atom. The van der Waals surface area contributed by atoms with Gasteiger partial charge in [0.25, 0.3) is 5.91 Å². The van der Waals surface area contributed by atoms with Gasteiger partial charge in [-0.2, -0.15) is 0 Å². The number of ether oxygens (including phenoxy) is 1. The Bertz CT molecular complexity index is 609. The molecule has 0 fully saturated rings. The molecule has 3 N–H and O–H groups in total. The predicted molar refractivity (Wildman–Crippen MR) is 114 cm³/mol. The van der Waals surface area contributed by atoms with E-state index in [2.05, 4.69) is 20.9 Å². The average Bonchev–Trinajstić information content (AvgIpc) is 2.58. The minimum absolute atomic E-state index is 0. The van der Waals surface area contributed by atoms with Crippen LogP contribution in [0.3, 0.4) is 0 Å². The fraction of sp³-hybridized carbons (Fsp3) is 0.556. The van der Waals surface area contributed by atoms with Crippen LogP contribution in [0, 0.1) is 12.7 Å². The highest BCUT2D eigenvalue weighted by molar-refractivity contribution is 14.0. The van der Waals surface area contributed by atoms with E-state index in [4.69, 9.17) is 4.74 Å². The van der Waals surface area contributed by atoms with Crippen molar-refractivity contribution >= 4 is 35.8 Å². The number of aryl methyl sites for hydroxylation is 1.